The van der Waals surface area contributed by atoms with E-state index in [1.54, 1.807) is 0 Å². The van der Waals surface area contributed by atoms with Gasteiger partial charge in [0.15, 0.2) is 0 Å². The van der Waals surface area contributed by atoms with E-state index in [2.05, 4.69) is 41.6 Å². The standard InChI is InChI=1S/C18H27N3/c1-3-6-14-9-11-15(12-10-14)19-13-17-16-7-4-5-8-18(16)21(2)20-17/h4-5,7-8,14-15,19H,3,6,9-13H2,1-2H3. The third-order valence-electron chi connectivity index (χ3n) is 4.94. The Morgan fingerprint density at radius 3 is 2.71 bits per heavy atom. The first-order valence-electron chi connectivity index (χ1n) is 8.42. The Labute approximate surface area is 127 Å². The smallest absolute Gasteiger partial charge is 0.0841 e. The number of benzene rings is 1. The number of fused-ring (bicyclic) bond motifs is 1. The molecule has 21 heavy (non-hydrogen) atoms. The highest BCUT2D eigenvalue weighted by atomic mass is 15.3. The van der Waals surface area contributed by atoms with Gasteiger partial charge in [-0.1, -0.05) is 38.0 Å². The van der Waals surface area contributed by atoms with Crippen molar-refractivity contribution in [3.05, 3.63) is 30.0 Å². The molecule has 1 aromatic carbocycles. The Kier molecular flexibility index (Phi) is 4.59. The van der Waals surface area contributed by atoms with Gasteiger partial charge in [0.1, 0.15) is 0 Å². The molecule has 0 spiro atoms. The topological polar surface area (TPSA) is 29.9 Å². The van der Waals surface area contributed by atoms with E-state index >= 15 is 0 Å². The van der Waals surface area contributed by atoms with Crippen molar-refractivity contribution >= 4 is 10.9 Å². The van der Waals surface area contributed by atoms with Gasteiger partial charge < -0.3 is 5.32 Å². The lowest BCUT2D eigenvalue weighted by Gasteiger charge is -2.28. The summed E-state index contributed by atoms with van der Waals surface area (Å²) in [6.07, 6.45) is 8.20. The molecule has 1 fully saturated rings. The number of nitrogens with zero attached hydrogens (tertiary/aromatic N) is 2. The van der Waals surface area contributed by atoms with E-state index in [0.29, 0.717) is 6.04 Å². The van der Waals surface area contributed by atoms with Crippen molar-refractivity contribution in [1.82, 2.24) is 15.1 Å². The molecule has 1 N–H and O–H groups in total. The summed E-state index contributed by atoms with van der Waals surface area (Å²) in [5, 5.41) is 9.69. The number of nitrogens with one attached hydrogen (secondary N) is 1. The fraction of sp³-hybridized carbons (Fsp3) is 0.611. The van der Waals surface area contributed by atoms with Crippen LogP contribution in [0.4, 0.5) is 0 Å². The molecule has 0 aliphatic heterocycles. The van der Waals surface area contributed by atoms with Crippen molar-refractivity contribution in [2.24, 2.45) is 13.0 Å². The van der Waals surface area contributed by atoms with Gasteiger partial charge in [-0.05, 0) is 37.7 Å². The molecule has 1 heterocycles. The molecule has 0 radical (unpaired) electrons. The van der Waals surface area contributed by atoms with E-state index in [4.69, 9.17) is 0 Å². The van der Waals surface area contributed by atoms with Crippen molar-refractivity contribution < 1.29 is 0 Å². The van der Waals surface area contributed by atoms with Crippen LogP contribution in [0.3, 0.4) is 0 Å². The van der Waals surface area contributed by atoms with Crippen LogP contribution in [0.2, 0.25) is 0 Å². The van der Waals surface area contributed by atoms with E-state index in [9.17, 15) is 0 Å². The van der Waals surface area contributed by atoms with Crippen LogP contribution < -0.4 is 5.32 Å². The Balaban J connectivity index is 1.58. The maximum atomic E-state index is 4.67. The molecule has 0 atom stereocenters. The minimum atomic E-state index is 0.680. The van der Waals surface area contributed by atoms with Crippen molar-refractivity contribution in [3.63, 3.8) is 0 Å². The Bertz CT molecular complexity index is 579. The largest absolute Gasteiger partial charge is 0.308 e. The number of aryl methyl sites for hydroxylation is 1. The Hall–Kier alpha value is -1.35. The van der Waals surface area contributed by atoms with Gasteiger partial charge in [-0.15, -0.1) is 0 Å². The van der Waals surface area contributed by atoms with Gasteiger partial charge in [-0.2, -0.15) is 5.10 Å². The molecule has 1 aliphatic carbocycles. The van der Waals surface area contributed by atoms with E-state index in [1.165, 1.54) is 55.1 Å². The second-order valence-electron chi connectivity index (χ2n) is 6.47. The van der Waals surface area contributed by atoms with Crippen LogP contribution in [0.5, 0.6) is 0 Å². The molecule has 2 aromatic rings. The molecular formula is C18H27N3. The van der Waals surface area contributed by atoms with Crippen molar-refractivity contribution in [3.8, 4) is 0 Å². The van der Waals surface area contributed by atoms with Crippen LogP contribution in [-0.4, -0.2) is 15.8 Å². The average Bonchev–Trinajstić information content (AvgIpc) is 2.84. The Morgan fingerprint density at radius 2 is 1.95 bits per heavy atom. The van der Waals surface area contributed by atoms with Crippen LogP contribution in [0.15, 0.2) is 24.3 Å². The van der Waals surface area contributed by atoms with Gasteiger partial charge in [0.2, 0.25) is 0 Å². The number of hydrogen-bond donors (Lipinski definition) is 1. The highest BCUT2D eigenvalue weighted by molar-refractivity contribution is 5.81. The molecule has 0 amide bonds. The first-order valence-corrected chi connectivity index (χ1v) is 8.42. The molecule has 1 aromatic heterocycles. The quantitative estimate of drug-likeness (QED) is 0.899. The van der Waals surface area contributed by atoms with Crippen molar-refractivity contribution in [2.75, 3.05) is 0 Å². The van der Waals surface area contributed by atoms with Gasteiger partial charge >= 0.3 is 0 Å². The van der Waals surface area contributed by atoms with Crippen LogP contribution in [0.1, 0.15) is 51.1 Å². The molecule has 114 valence electrons. The maximum Gasteiger partial charge on any atom is 0.0841 e. The van der Waals surface area contributed by atoms with Crippen LogP contribution in [0.25, 0.3) is 10.9 Å². The first-order chi connectivity index (χ1) is 10.3. The van der Waals surface area contributed by atoms with Crippen molar-refractivity contribution in [2.45, 2.75) is 58.0 Å². The third-order valence-corrected chi connectivity index (χ3v) is 4.94. The zero-order valence-corrected chi connectivity index (χ0v) is 13.3. The third kappa shape index (κ3) is 3.29. The average molecular weight is 285 g/mol. The van der Waals surface area contributed by atoms with E-state index < -0.39 is 0 Å². The van der Waals surface area contributed by atoms with Crippen molar-refractivity contribution in [1.29, 1.82) is 0 Å². The van der Waals surface area contributed by atoms with Gasteiger partial charge in [-0.3, -0.25) is 4.68 Å². The first kappa shape index (κ1) is 14.6. The number of rotatable bonds is 5. The minimum Gasteiger partial charge on any atom is -0.308 e. The summed E-state index contributed by atoms with van der Waals surface area (Å²) in [5.74, 6) is 0.976. The second-order valence-corrected chi connectivity index (χ2v) is 6.47. The second kappa shape index (κ2) is 6.61. The van der Waals surface area contributed by atoms with E-state index in [0.717, 1.165) is 12.5 Å². The van der Waals surface area contributed by atoms with Crippen LogP contribution in [0, 0.1) is 5.92 Å². The molecular weight excluding hydrogens is 258 g/mol. The monoisotopic (exact) mass is 285 g/mol. The van der Waals surface area contributed by atoms with Crippen LogP contribution >= 0.6 is 0 Å². The zero-order chi connectivity index (χ0) is 14.7. The molecule has 3 heteroatoms. The highest BCUT2D eigenvalue weighted by Crippen LogP contribution is 2.28. The predicted molar refractivity (Wildman–Crippen MR) is 88.2 cm³/mol. The fourth-order valence-corrected chi connectivity index (χ4v) is 3.72. The summed E-state index contributed by atoms with van der Waals surface area (Å²) in [5.41, 5.74) is 2.41. The molecule has 0 unspecified atom stereocenters. The predicted octanol–water partition coefficient (Wildman–Crippen LogP) is 4.02. The normalized spacial score (nSPS) is 22.8. The number of hydrogen-bond acceptors (Lipinski definition) is 2. The van der Waals surface area contributed by atoms with Gasteiger partial charge in [0.05, 0.1) is 11.2 Å². The lowest BCUT2D eigenvalue weighted by Crippen LogP contribution is -2.32. The van der Waals surface area contributed by atoms with E-state index in [1.807, 2.05) is 11.7 Å². The number of aromatic nitrogens is 2. The molecule has 1 aliphatic rings. The molecule has 0 bridgehead atoms. The molecule has 3 rings (SSSR count). The SMILES string of the molecule is CCCC1CCC(NCc2nn(C)c3ccccc23)CC1. The van der Waals surface area contributed by atoms with Crippen LogP contribution in [-0.2, 0) is 13.6 Å². The Morgan fingerprint density at radius 1 is 1.19 bits per heavy atom. The summed E-state index contributed by atoms with van der Waals surface area (Å²) >= 11 is 0. The fourth-order valence-electron chi connectivity index (χ4n) is 3.72. The maximum absolute atomic E-state index is 4.67. The molecule has 1 saturated carbocycles. The summed E-state index contributed by atoms with van der Waals surface area (Å²) in [4.78, 5) is 0. The minimum absolute atomic E-state index is 0.680. The lowest BCUT2D eigenvalue weighted by molar-refractivity contribution is 0.277. The van der Waals surface area contributed by atoms with Gasteiger partial charge in [0.25, 0.3) is 0 Å². The summed E-state index contributed by atoms with van der Waals surface area (Å²) in [7, 11) is 2.03. The summed E-state index contributed by atoms with van der Waals surface area (Å²) in [6.45, 7) is 3.20. The number of para-hydroxylation sites is 1. The zero-order valence-electron chi connectivity index (χ0n) is 13.3. The molecule has 3 nitrogen and oxygen atoms in total. The van der Waals surface area contributed by atoms with Gasteiger partial charge in [0, 0.05) is 25.0 Å². The summed E-state index contributed by atoms with van der Waals surface area (Å²) < 4.78 is 1.99. The highest BCUT2D eigenvalue weighted by Gasteiger charge is 2.20. The molecule has 0 saturated heterocycles. The van der Waals surface area contributed by atoms with E-state index in [-0.39, 0.29) is 0 Å². The lowest BCUT2D eigenvalue weighted by atomic mass is 9.83. The van der Waals surface area contributed by atoms with Gasteiger partial charge in [-0.25, -0.2) is 0 Å². The summed E-state index contributed by atoms with van der Waals surface area (Å²) in [6, 6.07) is 9.18.